The molecule has 0 unspecified atom stereocenters. The van der Waals surface area contributed by atoms with E-state index in [1.54, 1.807) is 11.3 Å². The molecule has 0 aromatic carbocycles. The summed E-state index contributed by atoms with van der Waals surface area (Å²) in [6.45, 7) is 1.06. The third-order valence-corrected chi connectivity index (χ3v) is 4.04. The standard InChI is InChI=1S/C14H20N2O2S/c17-13(5-1-3-12-4-2-10-19-12)15-8-9-16-14(18)11-6-7-11/h2,4,10-11H,1,3,5-9H2,(H,15,17)(H,16,18). The fraction of sp³-hybridized carbons (Fsp3) is 0.571. The lowest BCUT2D eigenvalue weighted by Crippen LogP contribution is -2.35. The summed E-state index contributed by atoms with van der Waals surface area (Å²) in [6.07, 6.45) is 4.42. The Hall–Kier alpha value is -1.36. The van der Waals surface area contributed by atoms with Gasteiger partial charge in [0.25, 0.3) is 0 Å². The Labute approximate surface area is 117 Å². The molecule has 5 heteroatoms. The van der Waals surface area contributed by atoms with Crippen molar-refractivity contribution in [1.82, 2.24) is 10.6 Å². The first-order valence-electron chi connectivity index (χ1n) is 6.82. The minimum Gasteiger partial charge on any atom is -0.354 e. The average Bonchev–Trinajstić information content (AvgIpc) is 3.13. The van der Waals surface area contributed by atoms with Gasteiger partial charge in [0, 0.05) is 30.3 Å². The number of hydrogen-bond donors (Lipinski definition) is 2. The third kappa shape index (κ3) is 5.42. The summed E-state index contributed by atoms with van der Waals surface area (Å²) in [5.74, 6) is 0.436. The molecular weight excluding hydrogens is 260 g/mol. The van der Waals surface area contributed by atoms with Crippen LogP contribution in [0, 0.1) is 5.92 Å². The van der Waals surface area contributed by atoms with Crippen molar-refractivity contribution in [3.05, 3.63) is 22.4 Å². The van der Waals surface area contributed by atoms with Crippen LogP contribution in [0.3, 0.4) is 0 Å². The second-order valence-corrected chi connectivity index (χ2v) is 5.88. The molecule has 2 N–H and O–H groups in total. The van der Waals surface area contributed by atoms with Gasteiger partial charge in [0.2, 0.25) is 11.8 Å². The predicted molar refractivity (Wildman–Crippen MR) is 76.0 cm³/mol. The number of hydrogen-bond acceptors (Lipinski definition) is 3. The van der Waals surface area contributed by atoms with E-state index in [0.29, 0.717) is 19.5 Å². The summed E-state index contributed by atoms with van der Waals surface area (Å²) in [5.41, 5.74) is 0. The van der Waals surface area contributed by atoms with E-state index in [9.17, 15) is 9.59 Å². The lowest BCUT2D eigenvalue weighted by atomic mass is 10.2. The van der Waals surface area contributed by atoms with Crippen molar-refractivity contribution in [1.29, 1.82) is 0 Å². The maximum Gasteiger partial charge on any atom is 0.223 e. The van der Waals surface area contributed by atoms with Gasteiger partial charge >= 0.3 is 0 Å². The first kappa shape index (κ1) is 14.1. The third-order valence-electron chi connectivity index (χ3n) is 3.10. The molecule has 0 radical (unpaired) electrons. The molecule has 0 atom stereocenters. The minimum atomic E-state index is 0.0669. The first-order chi connectivity index (χ1) is 9.25. The van der Waals surface area contributed by atoms with E-state index < -0.39 is 0 Å². The highest BCUT2D eigenvalue weighted by Gasteiger charge is 2.28. The van der Waals surface area contributed by atoms with Gasteiger partial charge in [0.1, 0.15) is 0 Å². The van der Waals surface area contributed by atoms with Gasteiger partial charge in [-0.05, 0) is 37.1 Å². The predicted octanol–water partition coefficient (Wildman–Crippen LogP) is 1.71. The molecule has 104 valence electrons. The second-order valence-electron chi connectivity index (χ2n) is 4.85. The number of amides is 2. The Bertz CT molecular complexity index is 413. The summed E-state index contributed by atoms with van der Waals surface area (Å²) in [6, 6.07) is 4.12. The van der Waals surface area contributed by atoms with Gasteiger partial charge in [-0.25, -0.2) is 0 Å². The fourth-order valence-corrected chi connectivity index (χ4v) is 2.60. The molecule has 19 heavy (non-hydrogen) atoms. The van der Waals surface area contributed by atoms with Crippen molar-refractivity contribution in [2.24, 2.45) is 5.92 Å². The average molecular weight is 280 g/mol. The zero-order chi connectivity index (χ0) is 13.5. The Kier molecular flexibility index (Phi) is 5.39. The maximum absolute atomic E-state index is 11.5. The largest absolute Gasteiger partial charge is 0.354 e. The topological polar surface area (TPSA) is 58.2 Å². The molecule has 1 saturated carbocycles. The van der Waals surface area contributed by atoms with Gasteiger partial charge < -0.3 is 10.6 Å². The summed E-state index contributed by atoms with van der Waals surface area (Å²) in [5, 5.41) is 7.71. The van der Waals surface area contributed by atoms with E-state index in [1.807, 2.05) is 6.07 Å². The van der Waals surface area contributed by atoms with Crippen LogP contribution in [0.15, 0.2) is 17.5 Å². The molecule has 1 fully saturated rings. The van der Waals surface area contributed by atoms with Crippen LogP contribution in [-0.2, 0) is 16.0 Å². The normalized spacial score (nSPS) is 14.1. The van der Waals surface area contributed by atoms with Crippen molar-refractivity contribution < 1.29 is 9.59 Å². The maximum atomic E-state index is 11.5. The minimum absolute atomic E-state index is 0.0669. The summed E-state index contributed by atoms with van der Waals surface area (Å²) in [7, 11) is 0. The van der Waals surface area contributed by atoms with E-state index in [2.05, 4.69) is 22.1 Å². The highest BCUT2D eigenvalue weighted by atomic mass is 32.1. The van der Waals surface area contributed by atoms with Gasteiger partial charge in [-0.1, -0.05) is 6.07 Å². The van der Waals surface area contributed by atoms with E-state index in [4.69, 9.17) is 0 Å². The molecule has 1 heterocycles. The van der Waals surface area contributed by atoms with Crippen LogP contribution in [0.4, 0.5) is 0 Å². The highest BCUT2D eigenvalue weighted by Crippen LogP contribution is 2.28. The van der Waals surface area contributed by atoms with Crippen LogP contribution in [0.1, 0.15) is 30.6 Å². The Morgan fingerprint density at radius 1 is 1.26 bits per heavy atom. The number of nitrogens with one attached hydrogen (secondary N) is 2. The van der Waals surface area contributed by atoms with Crippen molar-refractivity contribution >= 4 is 23.2 Å². The number of carbonyl (C=O) groups is 2. The molecule has 2 rings (SSSR count). The fourth-order valence-electron chi connectivity index (χ4n) is 1.84. The molecule has 4 nitrogen and oxygen atoms in total. The van der Waals surface area contributed by atoms with Crippen molar-refractivity contribution in [2.45, 2.75) is 32.1 Å². The van der Waals surface area contributed by atoms with Crippen molar-refractivity contribution in [2.75, 3.05) is 13.1 Å². The van der Waals surface area contributed by atoms with Gasteiger partial charge in [0.15, 0.2) is 0 Å². The molecule has 1 aliphatic carbocycles. The molecule has 0 saturated heterocycles. The van der Waals surface area contributed by atoms with Crippen LogP contribution in [-0.4, -0.2) is 24.9 Å². The summed E-state index contributed by atoms with van der Waals surface area (Å²) in [4.78, 5) is 24.2. The monoisotopic (exact) mass is 280 g/mol. The molecular formula is C14H20N2O2S. The van der Waals surface area contributed by atoms with Gasteiger partial charge in [-0.15, -0.1) is 11.3 Å². The van der Waals surface area contributed by atoms with Crippen LogP contribution in [0.2, 0.25) is 0 Å². The molecule has 0 bridgehead atoms. The number of carbonyl (C=O) groups excluding carboxylic acids is 2. The Morgan fingerprint density at radius 2 is 2.05 bits per heavy atom. The molecule has 0 aliphatic heterocycles. The second kappa shape index (κ2) is 7.28. The quantitative estimate of drug-likeness (QED) is 0.712. The summed E-state index contributed by atoms with van der Waals surface area (Å²) >= 11 is 1.73. The zero-order valence-corrected chi connectivity index (χ0v) is 11.8. The Morgan fingerprint density at radius 3 is 2.74 bits per heavy atom. The molecule has 1 aliphatic rings. The van der Waals surface area contributed by atoms with Gasteiger partial charge in [-0.2, -0.15) is 0 Å². The van der Waals surface area contributed by atoms with Crippen LogP contribution < -0.4 is 10.6 Å². The number of rotatable bonds is 8. The van der Waals surface area contributed by atoms with E-state index in [1.165, 1.54) is 4.88 Å². The molecule has 2 amide bonds. The zero-order valence-electron chi connectivity index (χ0n) is 11.0. The van der Waals surface area contributed by atoms with Crippen LogP contribution in [0.25, 0.3) is 0 Å². The van der Waals surface area contributed by atoms with Crippen LogP contribution >= 0.6 is 11.3 Å². The molecule has 1 aromatic rings. The van der Waals surface area contributed by atoms with E-state index in [0.717, 1.165) is 25.7 Å². The SMILES string of the molecule is O=C(CCCc1cccs1)NCCNC(=O)C1CC1. The summed E-state index contributed by atoms with van der Waals surface area (Å²) < 4.78 is 0. The highest BCUT2D eigenvalue weighted by molar-refractivity contribution is 7.09. The van der Waals surface area contributed by atoms with Crippen molar-refractivity contribution in [3.63, 3.8) is 0 Å². The lowest BCUT2D eigenvalue weighted by Gasteiger charge is -2.06. The lowest BCUT2D eigenvalue weighted by molar-refractivity contribution is -0.123. The molecule has 0 spiro atoms. The Balaban J connectivity index is 1.46. The van der Waals surface area contributed by atoms with E-state index in [-0.39, 0.29) is 17.7 Å². The first-order valence-corrected chi connectivity index (χ1v) is 7.70. The number of thiophene rings is 1. The van der Waals surface area contributed by atoms with Crippen LogP contribution in [0.5, 0.6) is 0 Å². The van der Waals surface area contributed by atoms with Gasteiger partial charge in [0.05, 0.1) is 0 Å². The van der Waals surface area contributed by atoms with Gasteiger partial charge in [-0.3, -0.25) is 9.59 Å². The smallest absolute Gasteiger partial charge is 0.223 e. The van der Waals surface area contributed by atoms with E-state index >= 15 is 0 Å². The molecule has 1 aromatic heterocycles. The number of aryl methyl sites for hydroxylation is 1. The van der Waals surface area contributed by atoms with Crippen molar-refractivity contribution in [3.8, 4) is 0 Å².